The van der Waals surface area contributed by atoms with Gasteiger partial charge in [-0.25, -0.2) is 13.6 Å². The first-order valence-corrected chi connectivity index (χ1v) is 10.7. The standard InChI is InChI=1S/C21H26Cl2F2N2O3/c1-12-17-13(7-15(22)8-16(17)23)5-6-27(12)18(28)14-9-21(24,25)11-26(10-14)19(29)30-20(2,3)4/h7-8,12,14H,5-6,9-11H2,1-4H3/t12-,14?/m0/s1. The zero-order valence-electron chi connectivity index (χ0n) is 17.5. The number of ether oxygens (including phenoxy) is 1. The number of benzene rings is 1. The van der Waals surface area contributed by atoms with Gasteiger partial charge in [0, 0.05) is 29.6 Å². The van der Waals surface area contributed by atoms with Crippen molar-refractivity contribution < 1.29 is 23.1 Å². The molecule has 0 aromatic heterocycles. The van der Waals surface area contributed by atoms with Crippen molar-refractivity contribution in [1.82, 2.24) is 9.80 Å². The molecule has 1 fully saturated rings. The summed E-state index contributed by atoms with van der Waals surface area (Å²) in [4.78, 5) is 28.1. The molecule has 166 valence electrons. The Morgan fingerprint density at radius 3 is 2.53 bits per heavy atom. The molecule has 2 aliphatic heterocycles. The zero-order valence-corrected chi connectivity index (χ0v) is 19.0. The van der Waals surface area contributed by atoms with E-state index in [1.165, 1.54) is 0 Å². The molecular formula is C21H26Cl2F2N2O3. The molecule has 2 atom stereocenters. The largest absolute Gasteiger partial charge is 0.444 e. The van der Waals surface area contributed by atoms with Crippen LogP contribution in [0.25, 0.3) is 0 Å². The normalized spacial score (nSPS) is 23.7. The van der Waals surface area contributed by atoms with Crippen LogP contribution in [0, 0.1) is 5.92 Å². The quantitative estimate of drug-likeness (QED) is 0.566. The maximum atomic E-state index is 14.4. The van der Waals surface area contributed by atoms with E-state index in [2.05, 4.69) is 0 Å². The number of carbonyl (C=O) groups excluding carboxylic acids is 2. The first-order valence-electron chi connectivity index (χ1n) is 9.91. The van der Waals surface area contributed by atoms with E-state index < -0.39 is 42.4 Å². The fourth-order valence-corrected chi connectivity index (χ4v) is 4.86. The summed E-state index contributed by atoms with van der Waals surface area (Å²) in [7, 11) is 0. The number of halogens is 4. The molecule has 0 radical (unpaired) electrons. The number of alkyl halides is 2. The van der Waals surface area contributed by atoms with E-state index in [9.17, 15) is 18.4 Å². The highest BCUT2D eigenvalue weighted by Gasteiger charge is 2.47. The van der Waals surface area contributed by atoms with E-state index in [0.717, 1.165) is 16.0 Å². The van der Waals surface area contributed by atoms with Crippen molar-refractivity contribution in [3.8, 4) is 0 Å². The number of amides is 2. The molecule has 5 nitrogen and oxygen atoms in total. The number of carbonyl (C=O) groups is 2. The maximum absolute atomic E-state index is 14.4. The van der Waals surface area contributed by atoms with Gasteiger partial charge in [-0.15, -0.1) is 0 Å². The lowest BCUT2D eigenvalue weighted by Crippen LogP contribution is -2.55. The Balaban J connectivity index is 1.80. The Labute approximate surface area is 185 Å². The van der Waals surface area contributed by atoms with Crippen molar-refractivity contribution in [2.75, 3.05) is 19.6 Å². The molecule has 30 heavy (non-hydrogen) atoms. The summed E-state index contributed by atoms with van der Waals surface area (Å²) in [5.74, 6) is -4.60. The molecule has 2 amide bonds. The van der Waals surface area contributed by atoms with Gasteiger partial charge in [0.2, 0.25) is 5.91 Å². The second kappa shape index (κ2) is 8.15. The Kier molecular flexibility index (Phi) is 6.27. The van der Waals surface area contributed by atoms with Gasteiger partial charge in [-0.05, 0) is 57.4 Å². The van der Waals surface area contributed by atoms with Crippen molar-refractivity contribution in [2.45, 2.75) is 58.1 Å². The van der Waals surface area contributed by atoms with Gasteiger partial charge in [0.15, 0.2) is 0 Å². The first-order chi connectivity index (χ1) is 13.8. The molecule has 3 rings (SSSR count). The summed E-state index contributed by atoms with van der Waals surface area (Å²) in [6, 6.07) is 3.06. The summed E-state index contributed by atoms with van der Waals surface area (Å²) in [5.41, 5.74) is 0.924. The number of rotatable bonds is 1. The topological polar surface area (TPSA) is 49.9 Å². The summed E-state index contributed by atoms with van der Waals surface area (Å²) in [6.45, 7) is 6.33. The molecule has 2 aliphatic rings. The maximum Gasteiger partial charge on any atom is 0.410 e. The summed E-state index contributed by atoms with van der Waals surface area (Å²) in [5, 5.41) is 0.970. The molecule has 0 aliphatic carbocycles. The van der Waals surface area contributed by atoms with Crippen LogP contribution < -0.4 is 0 Å². The van der Waals surface area contributed by atoms with Crippen LogP contribution >= 0.6 is 23.2 Å². The average Bonchev–Trinajstić information content (AvgIpc) is 2.58. The Bertz CT molecular complexity index is 857. The Hall–Kier alpha value is -1.60. The molecule has 0 bridgehead atoms. The number of piperidine rings is 1. The fraction of sp³-hybridized carbons (Fsp3) is 0.619. The van der Waals surface area contributed by atoms with Crippen molar-refractivity contribution in [2.24, 2.45) is 5.92 Å². The van der Waals surface area contributed by atoms with E-state index >= 15 is 0 Å². The second-order valence-electron chi connectivity index (χ2n) is 9.04. The molecule has 0 saturated carbocycles. The highest BCUT2D eigenvalue weighted by Crippen LogP contribution is 2.39. The number of nitrogens with zero attached hydrogens (tertiary/aromatic N) is 2. The minimum atomic E-state index is -3.17. The lowest BCUT2D eigenvalue weighted by atomic mass is 9.89. The molecule has 9 heteroatoms. The molecule has 0 spiro atoms. The predicted molar refractivity (Wildman–Crippen MR) is 111 cm³/mol. The number of fused-ring (bicyclic) bond motifs is 1. The molecule has 1 aromatic rings. The summed E-state index contributed by atoms with van der Waals surface area (Å²) >= 11 is 12.4. The van der Waals surface area contributed by atoms with Crippen molar-refractivity contribution >= 4 is 35.2 Å². The Morgan fingerprint density at radius 2 is 1.90 bits per heavy atom. The van der Waals surface area contributed by atoms with Gasteiger partial charge in [0.05, 0.1) is 18.5 Å². The highest BCUT2D eigenvalue weighted by atomic mass is 35.5. The van der Waals surface area contributed by atoms with Crippen LogP contribution in [0.5, 0.6) is 0 Å². The minimum absolute atomic E-state index is 0.103. The van der Waals surface area contributed by atoms with Gasteiger partial charge < -0.3 is 14.5 Å². The smallest absolute Gasteiger partial charge is 0.410 e. The van der Waals surface area contributed by atoms with Gasteiger partial charge in [0.1, 0.15) is 5.60 Å². The van der Waals surface area contributed by atoms with Crippen LogP contribution in [0.2, 0.25) is 10.0 Å². The van der Waals surface area contributed by atoms with E-state index in [4.69, 9.17) is 27.9 Å². The lowest BCUT2D eigenvalue weighted by Gasteiger charge is -2.42. The predicted octanol–water partition coefficient (Wildman–Crippen LogP) is 5.33. The van der Waals surface area contributed by atoms with Crippen LogP contribution in [0.15, 0.2) is 12.1 Å². The number of hydrogen-bond donors (Lipinski definition) is 0. The van der Waals surface area contributed by atoms with Gasteiger partial charge in [-0.3, -0.25) is 4.79 Å². The lowest BCUT2D eigenvalue weighted by molar-refractivity contribution is -0.148. The zero-order chi connectivity index (χ0) is 22.4. The van der Waals surface area contributed by atoms with Crippen LogP contribution in [-0.4, -0.2) is 53.0 Å². The first kappa shape index (κ1) is 23.1. The van der Waals surface area contributed by atoms with Crippen molar-refractivity contribution in [1.29, 1.82) is 0 Å². The number of likely N-dealkylation sites (tertiary alicyclic amines) is 1. The van der Waals surface area contributed by atoms with Gasteiger partial charge in [-0.1, -0.05) is 23.2 Å². The van der Waals surface area contributed by atoms with E-state index in [1.54, 1.807) is 31.7 Å². The Morgan fingerprint density at radius 1 is 1.23 bits per heavy atom. The molecule has 1 aromatic carbocycles. The van der Waals surface area contributed by atoms with Crippen LogP contribution in [0.4, 0.5) is 13.6 Å². The van der Waals surface area contributed by atoms with Crippen molar-refractivity contribution in [3.05, 3.63) is 33.3 Å². The van der Waals surface area contributed by atoms with Gasteiger partial charge >= 0.3 is 6.09 Å². The summed E-state index contributed by atoms with van der Waals surface area (Å²) in [6.07, 6.45) is -0.908. The van der Waals surface area contributed by atoms with Crippen LogP contribution in [-0.2, 0) is 16.0 Å². The average molecular weight is 463 g/mol. The second-order valence-corrected chi connectivity index (χ2v) is 9.88. The van der Waals surface area contributed by atoms with Crippen molar-refractivity contribution in [3.63, 3.8) is 0 Å². The minimum Gasteiger partial charge on any atom is -0.444 e. The highest BCUT2D eigenvalue weighted by molar-refractivity contribution is 6.35. The van der Waals surface area contributed by atoms with E-state index in [1.807, 2.05) is 13.0 Å². The molecule has 0 N–H and O–H groups in total. The van der Waals surface area contributed by atoms with E-state index in [0.29, 0.717) is 23.0 Å². The monoisotopic (exact) mass is 462 g/mol. The van der Waals surface area contributed by atoms with Crippen LogP contribution in [0.1, 0.15) is 51.3 Å². The van der Waals surface area contributed by atoms with Gasteiger partial charge in [0.25, 0.3) is 5.92 Å². The SMILES string of the molecule is C[C@H]1c2c(Cl)cc(Cl)cc2CCN1C(=O)C1CN(C(=O)OC(C)(C)C)CC(F)(F)C1. The molecule has 1 saturated heterocycles. The fourth-order valence-electron chi connectivity index (χ4n) is 4.17. The number of hydrogen-bond acceptors (Lipinski definition) is 3. The van der Waals surface area contributed by atoms with E-state index in [-0.39, 0.29) is 12.6 Å². The molecule has 1 unspecified atom stereocenters. The third kappa shape index (κ3) is 4.99. The third-order valence-electron chi connectivity index (χ3n) is 5.38. The third-order valence-corrected chi connectivity index (χ3v) is 5.91. The summed E-state index contributed by atoms with van der Waals surface area (Å²) < 4.78 is 34.1. The van der Waals surface area contributed by atoms with Crippen LogP contribution in [0.3, 0.4) is 0 Å². The molecular weight excluding hydrogens is 437 g/mol. The van der Waals surface area contributed by atoms with Gasteiger partial charge in [-0.2, -0.15) is 0 Å². The molecule has 2 heterocycles.